The molecule has 2 fully saturated rings. The largest absolute Gasteiger partial charge is 0.389 e. The molecule has 0 radical (unpaired) electrons. The number of rotatable bonds is 3. The van der Waals surface area contributed by atoms with E-state index >= 15 is 0 Å². The average Bonchev–Trinajstić information content (AvgIpc) is 2.44. The second-order valence-electron chi connectivity index (χ2n) is 4.40. The van der Waals surface area contributed by atoms with E-state index in [2.05, 4.69) is 12.2 Å². The third kappa shape index (κ3) is 2.02. The number of hydrogen-bond donors (Lipinski definition) is 2. The summed E-state index contributed by atoms with van der Waals surface area (Å²) in [6.45, 7) is 5.82. The zero-order valence-electron chi connectivity index (χ0n) is 7.95. The summed E-state index contributed by atoms with van der Waals surface area (Å²) in [4.78, 5) is 0. The SMILES string of the molecule is CC1(CNC2COCC2O)COC1. The lowest BCUT2D eigenvalue weighted by Gasteiger charge is -2.39. The van der Waals surface area contributed by atoms with Crippen LogP contribution in [0.1, 0.15) is 6.92 Å². The van der Waals surface area contributed by atoms with Gasteiger partial charge in [-0.25, -0.2) is 0 Å². The number of hydrogen-bond acceptors (Lipinski definition) is 4. The molecular formula is C9H17NO3. The van der Waals surface area contributed by atoms with Crippen molar-refractivity contribution in [3.05, 3.63) is 0 Å². The molecule has 0 amide bonds. The van der Waals surface area contributed by atoms with Crippen molar-refractivity contribution in [2.75, 3.05) is 33.0 Å². The van der Waals surface area contributed by atoms with Crippen molar-refractivity contribution in [1.29, 1.82) is 0 Å². The monoisotopic (exact) mass is 187 g/mol. The van der Waals surface area contributed by atoms with Crippen LogP contribution in [0.5, 0.6) is 0 Å². The quantitative estimate of drug-likeness (QED) is 0.618. The van der Waals surface area contributed by atoms with Crippen molar-refractivity contribution >= 4 is 0 Å². The van der Waals surface area contributed by atoms with E-state index < -0.39 is 0 Å². The van der Waals surface area contributed by atoms with E-state index in [0.717, 1.165) is 19.8 Å². The second kappa shape index (κ2) is 3.53. The van der Waals surface area contributed by atoms with Crippen LogP contribution >= 0.6 is 0 Å². The fourth-order valence-corrected chi connectivity index (χ4v) is 1.67. The van der Waals surface area contributed by atoms with Crippen LogP contribution in [0.25, 0.3) is 0 Å². The average molecular weight is 187 g/mol. The Hall–Kier alpha value is -0.160. The Labute approximate surface area is 78.2 Å². The molecule has 0 bridgehead atoms. The summed E-state index contributed by atoms with van der Waals surface area (Å²) in [5.74, 6) is 0. The highest BCUT2D eigenvalue weighted by Crippen LogP contribution is 2.25. The fourth-order valence-electron chi connectivity index (χ4n) is 1.67. The molecule has 13 heavy (non-hydrogen) atoms. The Balaban J connectivity index is 1.72. The number of aliphatic hydroxyl groups excluding tert-OH is 1. The molecule has 2 rings (SSSR count). The molecule has 2 N–H and O–H groups in total. The van der Waals surface area contributed by atoms with Crippen LogP contribution in [-0.4, -0.2) is 50.2 Å². The maximum absolute atomic E-state index is 9.46. The molecule has 0 aromatic rings. The highest BCUT2D eigenvalue weighted by molar-refractivity contribution is 4.87. The minimum absolute atomic E-state index is 0.109. The van der Waals surface area contributed by atoms with Gasteiger partial charge in [0.1, 0.15) is 0 Å². The molecule has 4 heteroatoms. The first-order chi connectivity index (χ1) is 6.20. The van der Waals surface area contributed by atoms with Crippen molar-refractivity contribution < 1.29 is 14.6 Å². The maximum Gasteiger partial charge on any atom is 0.0948 e. The predicted octanol–water partition coefficient (Wildman–Crippen LogP) is -0.628. The zero-order chi connectivity index (χ0) is 9.31. The van der Waals surface area contributed by atoms with Gasteiger partial charge in [0.2, 0.25) is 0 Å². The van der Waals surface area contributed by atoms with E-state index in [1.165, 1.54) is 0 Å². The first kappa shape index (κ1) is 9.40. The third-order valence-corrected chi connectivity index (χ3v) is 2.74. The van der Waals surface area contributed by atoms with Gasteiger partial charge in [-0.15, -0.1) is 0 Å². The van der Waals surface area contributed by atoms with E-state index in [4.69, 9.17) is 9.47 Å². The van der Waals surface area contributed by atoms with E-state index in [-0.39, 0.29) is 17.6 Å². The van der Waals surface area contributed by atoms with Crippen molar-refractivity contribution in [3.8, 4) is 0 Å². The fraction of sp³-hybridized carbons (Fsp3) is 1.00. The smallest absolute Gasteiger partial charge is 0.0948 e. The van der Waals surface area contributed by atoms with E-state index in [0.29, 0.717) is 13.2 Å². The summed E-state index contributed by atoms with van der Waals surface area (Å²) < 4.78 is 10.3. The van der Waals surface area contributed by atoms with Crippen LogP contribution in [0.15, 0.2) is 0 Å². The highest BCUT2D eigenvalue weighted by atomic mass is 16.5. The molecule has 2 atom stereocenters. The Morgan fingerprint density at radius 2 is 2.15 bits per heavy atom. The van der Waals surface area contributed by atoms with Gasteiger partial charge in [0.15, 0.2) is 0 Å². The first-order valence-corrected chi connectivity index (χ1v) is 4.77. The number of nitrogens with one attached hydrogen (secondary N) is 1. The van der Waals surface area contributed by atoms with Gasteiger partial charge in [0.05, 0.1) is 38.6 Å². The summed E-state index contributed by atoms with van der Waals surface area (Å²) in [6, 6.07) is 0.109. The van der Waals surface area contributed by atoms with Gasteiger partial charge in [0, 0.05) is 12.0 Å². The third-order valence-electron chi connectivity index (χ3n) is 2.74. The maximum atomic E-state index is 9.46. The highest BCUT2D eigenvalue weighted by Gasteiger charge is 2.35. The van der Waals surface area contributed by atoms with Crippen molar-refractivity contribution in [2.24, 2.45) is 5.41 Å². The van der Waals surface area contributed by atoms with Crippen molar-refractivity contribution in [2.45, 2.75) is 19.1 Å². The summed E-state index contributed by atoms with van der Waals surface area (Å²) in [7, 11) is 0. The predicted molar refractivity (Wildman–Crippen MR) is 47.5 cm³/mol. The molecule has 0 saturated carbocycles. The lowest BCUT2D eigenvalue weighted by Crippen LogP contribution is -2.51. The van der Waals surface area contributed by atoms with Crippen LogP contribution in [0.2, 0.25) is 0 Å². The summed E-state index contributed by atoms with van der Waals surface area (Å²) in [5, 5.41) is 12.8. The molecule has 0 aliphatic carbocycles. The van der Waals surface area contributed by atoms with Crippen LogP contribution in [-0.2, 0) is 9.47 Å². The first-order valence-electron chi connectivity index (χ1n) is 4.77. The van der Waals surface area contributed by atoms with Gasteiger partial charge in [-0.1, -0.05) is 6.92 Å². The molecule has 0 spiro atoms. The van der Waals surface area contributed by atoms with Crippen LogP contribution in [0.4, 0.5) is 0 Å². The molecule has 2 heterocycles. The molecule has 2 unspecified atom stereocenters. The molecular weight excluding hydrogens is 170 g/mol. The molecule has 2 saturated heterocycles. The van der Waals surface area contributed by atoms with E-state index in [1.54, 1.807) is 0 Å². The lowest BCUT2D eigenvalue weighted by atomic mass is 9.88. The molecule has 76 valence electrons. The molecule has 0 aromatic heterocycles. The summed E-state index contributed by atoms with van der Waals surface area (Å²) >= 11 is 0. The standard InChI is InChI=1S/C9H17NO3/c1-9(5-13-6-9)4-10-7-2-12-3-8(7)11/h7-8,10-11H,2-6H2,1H3. The van der Waals surface area contributed by atoms with Gasteiger partial charge in [-0.2, -0.15) is 0 Å². The summed E-state index contributed by atoms with van der Waals surface area (Å²) in [5.41, 5.74) is 0.266. The normalized spacial score (nSPS) is 37.4. The Morgan fingerprint density at radius 3 is 2.62 bits per heavy atom. The van der Waals surface area contributed by atoms with Gasteiger partial charge >= 0.3 is 0 Å². The lowest BCUT2D eigenvalue weighted by molar-refractivity contribution is -0.101. The van der Waals surface area contributed by atoms with Crippen LogP contribution in [0.3, 0.4) is 0 Å². The number of aliphatic hydroxyl groups is 1. The Morgan fingerprint density at radius 1 is 1.38 bits per heavy atom. The van der Waals surface area contributed by atoms with Crippen LogP contribution in [0, 0.1) is 5.41 Å². The molecule has 4 nitrogen and oxygen atoms in total. The van der Waals surface area contributed by atoms with Crippen molar-refractivity contribution in [1.82, 2.24) is 5.32 Å². The van der Waals surface area contributed by atoms with Gasteiger partial charge < -0.3 is 19.9 Å². The molecule has 2 aliphatic rings. The summed E-state index contributed by atoms with van der Waals surface area (Å²) in [6.07, 6.45) is -0.343. The van der Waals surface area contributed by atoms with Gasteiger partial charge in [-0.3, -0.25) is 0 Å². The molecule has 0 aromatic carbocycles. The van der Waals surface area contributed by atoms with Gasteiger partial charge in [-0.05, 0) is 0 Å². The zero-order valence-corrected chi connectivity index (χ0v) is 7.95. The topological polar surface area (TPSA) is 50.7 Å². The van der Waals surface area contributed by atoms with Gasteiger partial charge in [0.25, 0.3) is 0 Å². The van der Waals surface area contributed by atoms with Crippen molar-refractivity contribution in [3.63, 3.8) is 0 Å². The minimum Gasteiger partial charge on any atom is -0.389 e. The Bertz CT molecular complexity index is 182. The van der Waals surface area contributed by atoms with E-state index in [1.807, 2.05) is 0 Å². The Kier molecular flexibility index (Phi) is 2.55. The van der Waals surface area contributed by atoms with Crippen LogP contribution < -0.4 is 5.32 Å². The molecule has 2 aliphatic heterocycles. The second-order valence-corrected chi connectivity index (χ2v) is 4.40. The minimum atomic E-state index is -0.343. The van der Waals surface area contributed by atoms with E-state index in [9.17, 15) is 5.11 Å². The number of ether oxygens (including phenoxy) is 2.